The molecule has 1 aliphatic rings. The van der Waals surface area contributed by atoms with E-state index >= 15 is 0 Å². The zero-order valence-electron chi connectivity index (χ0n) is 21.1. The summed E-state index contributed by atoms with van der Waals surface area (Å²) in [6, 6.07) is 24.2. The van der Waals surface area contributed by atoms with E-state index in [9.17, 15) is 9.59 Å². The second-order valence-corrected chi connectivity index (χ2v) is 9.34. The third-order valence-electron chi connectivity index (χ3n) is 6.73. The number of amides is 2. The van der Waals surface area contributed by atoms with Gasteiger partial charge in [0.05, 0.1) is 24.3 Å². The minimum atomic E-state index is -0.445. The van der Waals surface area contributed by atoms with E-state index < -0.39 is 12.0 Å². The Balaban J connectivity index is 1.45. The predicted octanol–water partition coefficient (Wildman–Crippen LogP) is 5.49. The van der Waals surface area contributed by atoms with Crippen LogP contribution in [-0.4, -0.2) is 43.6 Å². The quantitative estimate of drug-likeness (QED) is 0.403. The largest absolute Gasteiger partial charge is 0.465 e. The zero-order valence-corrected chi connectivity index (χ0v) is 21.1. The lowest BCUT2D eigenvalue weighted by Gasteiger charge is -2.33. The fraction of sp³-hybridized carbons (Fsp3) is 0.300. The van der Waals surface area contributed by atoms with Crippen molar-refractivity contribution in [2.45, 2.75) is 25.7 Å². The van der Waals surface area contributed by atoms with E-state index in [4.69, 9.17) is 10.00 Å². The van der Waals surface area contributed by atoms with Crippen LogP contribution in [0.25, 0.3) is 0 Å². The molecule has 3 aromatic rings. The van der Waals surface area contributed by atoms with Gasteiger partial charge in [0.2, 0.25) is 0 Å². The van der Waals surface area contributed by atoms with Crippen molar-refractivity contribution in [2.75, 3.05) is 37.4 Å². The lowest BCUT2D eigenvalue weighted by atomic mass is 9.91. The SMILES string of the molecule is COC(=O)c1cccc(NC(=O)Nc2cccc(C#N)c2)c1CCN1CCCC(Cc2ccccc2)C1. The number of nitrogens with zero attached hydrogens (tertiary/aromatic N) is 2. The van der Waals surface area contributed by atoms with E-state index in [1.165, 1.54) is 19.1 Å². The number of nitriles is 1. The fourth-order valence-corrected chi connectivity index (χ4v) is 4.96. The van der Waals surface area contributed by atoms with Crippen LogP contribution in [0, 0.1) is 17.2 Å². The first-order valence-electron chi connectivity index (χ1n) is 12.6. The van der Waals surface area contributed by atoms with Crippen molar-refractivity contribution in [1.82, 2.24) is 4.90 Å². The van der Waals surface area contributed by atoms with Crippen LogP contribution in [-0.2, 0) is 17.6 Å². The highest BCUT2D eigenvalue weighted by atomic mass is 16.5. The maximum atomic E-state index is 12.8. The Morgan fingerprint density at radius 3 is 2.65 bits per heavy atom. The van der Waals surface area contributed by atoms with Gasteiger partial charge in [-0.2, -0.15) is 5.26 Å². The van der Waals surface area contributed by atoms with Crippen LogP contribution in [0.5, 0.6) is 0 Å². The molecule has 0 bridgehead atoms. The molecule has 1 unspecified atom stereocenters. The second kappa shape index (κ2) is 12.7. The lowest BCUT2D eigenvalue weighted by Crippen LogP contribution is -2.37. The standard InChI is InChI=1S/C30H32N4O3/c1-37-29(35)27-13-6-14-28(33-30(36)32-25-12-5-10-23(19-25)20-31)26(27)15-17-34-16-7-11-24(21-34)18-22-8-3-2-4-9-22/h2-6,8-10,12-14,19,24H,7,11,15-18,21H2,1H3,(H2,32,33,36). The molecule has 0 aromatic heterocycles. The van der Waals surface area contributed by atoms with Crippen LogP contribution in [0.2, 0.25) is 0 Å². The first kappa shape index (κ1) is 25.9. The number of esters is 1. The summed E-state index contributed by atoms with van der Waals surface area (Å²) in [4.78, 5) is 27.8. The normalized spacial score (nSPS) is 15.4. The third kappa shape index (κ3) is 7.18. The van der Waals surface area contributed by atoms with Gasteiger partial charge in [-0.3, -0.25) is 0 Å². The van der Waals surface area contributed by atoms with Crippen LogP contribution in [0.3, 0.4) is 0 Å². The number of rotatable bonds is 8. The number of piperidine rings is 1. The van der Waals surface area contributed by atoms with Gasteiger partial charge in [-0.1, -0.05) is 42.5 Å². The molecule has 1 aliphatic heterocycles. The number of urea groups is 1. The number of anilines is 2. The number of carbonyl (C=O) groups is 2. The molecule has 1 saturated heterocycles. The summed E-state index contributed by atoms with van der Waals surface area (Å²) < 4.78 is 5.02. The lowest BCUT2D eigenvalue weighted by molar-refractivity contribution is 0.0599. The molecule has 1 atom stereocenters. The van der Waals surface area contributed by atoms with Crippen molar-refractivity contribution < 1.29 is 14.3 Å². The Kier molecular flexibility index (Phi) is 8.90. The Morgan fingerprint density at radius 1 is 1.05 bits per heavy atom. The molecule has 3 aromatic carbocycles. The highest BCUT2D eigenvalue weighted by Crippen LogP contribution is 2.25. The molecular formula is C30H32N4O3. The van der Waals surface area contributed by atoms with Gasteiger partial charge in [-0.05, 0) is 79.6 Å². The highest BCUT2D eigenvalue weighted by Gasteiger charge is 2.22. The summed E-state index contributed by atoms with van der Waals surface area (Å²) >= 11 is 0. The Hall–Kier alpha value is -4.15. The number of nitrogens with one attached hydrogen (secondary N) is 2. The Bertz CT molecular complexity index is 1270. The van der Waals surface area contributed by atoms with E-state index in [0.29, 0.717) is 34.8 Å². The van der Waals surface area contributed by atoms with E-state index in [2.05, 4.69) is 45.9 Å². The van der Waals surface area contributed by atoms with Crippen LogP contribution < -0.4 is 10.6 Å². The molecule has 2 N–H and O–H groups in total. The number of hydrogen-bond acceptors (Lipinski definition) is 5. The number of methoxy groups -OCH3 is 1. The molecule has 1 heterocycles. The molecule has 7 nitrogen and oxygen atoms in total. The fourth-order valence-electron chi connectivity index (χ4n) is 4.96. The number of benzene rings is 3. The number of likely N-dealkylation sites (tertiary alicyclic amines) is 1. The monoisotopic (exact) mass is 496 g/mol. The van der Waals surface area contributed by atoms with Gasteiger partial charge in [0.1, 0.15) is 0 Å². The summed E-state index contributed by atoms with van der Waals surface area (Å²) in [7, 11) is 1.36. The van der Waals surface area contributed by atoms with Gasteiger partial charge in [0.15, 0.2) is 0 Å². The third-order valence-corrected chi connectivity index (χ3v) is 6.73. The van der Waals surface area contributed by atoms with Gasteiger partial charge in [0, 0.05) is 24.5 Å². The molecule has 4 rings (SSSR count). The second-order valence-electron chi connectivity index (χ2n) is 9.34. The maximum Gasteiger partial charge on any atom is 0.338 e. The van der Waals surface area contributed by atoms with Crippen LogP contribution in [0.4, 0.5) is 16.2 Å². The van der Waals surface area contributed by atoms with Crippen molar-refractivity contribution in [3.8, 4) is 6.07 Å². The van der Waals surface area contributed by atoms with Gasteiger partial charge in [-0.25, -0.2) is 9.59 Å². The summed E-state index contributed by atoms with van der Waals surface area (Å²) in [5.74, 6) is 0.168. The summed E-state index contributed by atoms with van der Waals surface area (Å²) in [6.07, 6.45) is 4.02. The summed E-state index contributed by atoms with van der Waals surface area (Å²) in [5, 5.41) is 14.8. The minimum absolute atomic E-state index is 0.429. The van der Waals surface area contributed by atoms with Crippen molar-refractivity contribution in [1.29, 1.82) is 5.26 Å². The molecule has 0 radical (unpaired) electrons. The number of hydrogen-bond donors (Lipinski definition) is 2. The number of carbonyl (C=O) groups excluding carboxylic acids is 2. The van der Waals surface area contributed by atoms with E-state index in [1.54, 1.807) is 42.5 Å². The van der Waals surface area contributed by atoms with Gasteiger partial charge in [-0.15, -0.1) is 0 Å². The summed E-state index contributed by atoms with van der Waals surface area (Å²) in [6.45, 7) is 2.80. The van der Waals surface area contributed by atoms with Gasteiger partial charge < -0.3 is 20.3 Å². The smallest absolute Gasteiger partial charge is 0.338 e. The Morgan fingerprint density at radius 2 is 1.86 bits per heavy atom. The molecule has 1 fully saturated rings. The topological polar surface area (TPSA) is 94.5 Å². The van der Waals surface area contributed by atoms with Crippen LogP contribution in [0.1, 0.15) is 39.9 Å². The van der Waals surface area contributed by atoms with Crippen LogP contribution in [0.15, 0.2) is 72.8 Å². The molecule has 0 saturated carbocycles. The van der Waals surface area contributed by atoms with E-state index in [-0.39, 0.29) is 0 Å². The van der Waals surface area contributed by atoms with Crippen molar-refractivity contribution in [3.63, 3.8) is 0 Å². The van der Waals surface area contributed by atoms with Gasteiger partial charge >= 0.3 is 12.0 Å². The minimum Gasteiger partial charge on any atom is -0.465 e. The molecule has 37 heavy (non-hydrogen) atoms. The van der Waals surface area contributed by atoms with Crippen molar-refractivity contribution in [3.05, 3.63) is 95.1 Å². The first-order valence-corrected chi connectivity index (χ1v) is 12.6. The van der Waals surface area contributed by atoms with E-state index in [1.807, 2.05) is 6.07 Å². The average Bonchev–Trinajstić information content (AvgIpc) is 2.92. The van der Waals surface area contributed by atoms with Gasteiger partial charge in [0.25, 0.3) is 0 Å². The molecule has 0 spiro atoms. The predicted molar refractivity (Wildman–Crippen MR) is 145 cm³/mol. The number of ether oxygens (including phenoxy) is 1. The molecule has 0 aliphatic carbocycles. The maximum absolute atomic E-state index is 12.8. The Labute approximate surface area is 218 Å². The van der Waals surface area contributed by atoms with Crippen molar-refractivity contribution in [2.24, 2.45) is 5.92 Å². The molecular weight excluding hydrogens is 464 g/mol. The molecule has 7 heteroatoms. The highest BCUT2D eigenvalue weighted by molar-refractivity contribution is 6.02. The molecule has 190 valence electrons. The van der Waals surface area contributed by atoms with E-state index in [0.717, 1.165) is 38.0 Å². The first-order chi connectivity index (χ1) is 18.1. The van der Waals surface area contributed by atoms with Crippen LogP contribution >= 0.6 is 0 Å². The zero-order chi connectivity index (χ0) is 26.0. The average molecular weight is 497 g/mol. The van der Waals surface area contributed by atoms with Crippen molar-refractivity contribution >= 4 is 23.4 Å². The molecule has 2 amide bonds. The summed E-state index contributed by atoms with van der Waals surface area (Å²) in [5.41, 5.74) is 4.10.